The summed E-state index contributed by atoms with van der Waals surface area (Å²) in [5.41, 5.74) is -1.62. The average molecular weight is 871 g/mol. The van der Waals surface area contributed by atoms with Gasteiger partial charge in [0, 0.05) is 89.5 Å². The number of hydrogen-bond acceptors (Lipinski definition) is 14. The van der Waals surface area contributed by atoms with Crippen molar-refractivity contribution in [2.45, 2.75) is 25.9 Å². The molecule has 0 saturated carbocycles. The van der Waals surface area contributed by atoms with Crippen molar-refractivity contribution in [2.75, 3.05) is 80.3 Å². The molecule has 21 heteroatoms. The number of benzene rings is 2. The first-order valence-corrected chi connectivity index (χ1v) is 20.0. The summed E-state index contributed by atoms with van der Waals surface area (Å²) in [6.45, 7) is 10.3. The molecule has 8 heterocycles. The van der Waals surface area contributed by atoms with Gasteiger partial charge in [-0.15, -0.1) is 0 Å². The maximum atomic E-state index is 15.3. The summed E-state index contributed by atoms with van der Waals surface area (Å²) in [6, 6.07) is 1.35. The van der Waals surface area contributed by atoms with Gasteiger partial charge in [-0.3, -0.25) is 19.6 Å². The van der Waals surface area contributed by atoms with Crippen LogP contribution in [-0.2, 0) is 0 Å². The zero-order chi connectivity index (χ0) is 44.5. The summed E-state index contributed by atoms with van der Waals surface area (Å²) in [6.07, 6.45) is 12.7. The molecule has 0 unspecified atom stereocenters. The second-order valence-corrected chi connectivity index (χ2v) is 15.2. The Morgan fingerprint density at radius 3 is 1.62 bits per heavy atom. The highest BCUT2D eigenvalue weighted by Gasteiger charge is 2.32. The molecule has 0 spiro atoms. The molecule has 328 valence electrons. The van der Waals surface area contributed by atoms with Crippen LogP contribution in [0.15, 0.2) is 71.3 Å². The molecule has 4 aliphatic heterocycles. The predicted molar refractivity (Wildman–Crippen MR) is 224 cm³/mol. The van der Waals surface area contributed by atoms with Crippen molar-refractivity contribution in [3.8, 4) is 11.5 Å². The number of rotatable bonds is 5. The summed E-state index contributed by atoms with van der Waals surface area (Å²) in [5, 5.41) is 21.5. The smallest absolute Gasteiger partial charge is 0.341 e. The van der Waals surface area contributed by atoms with E-state index in [2.05, 4.69) is 35.1 Å². The van der Waals surface area contributed by atoms with E-state index in [4.69, 9.17) is 14.6 Å². The number of aromatic nitrogens is 6. The Morgan fingerprint density at radius 2 is 1.13 bits per heavy atom. The molecule has 0 aliphatic carbocycles. The van der Waals surface area contributed by atoms with Crippen LogP contribution >= 0.6 is 0 Å². The van der Waals surface area contributed by atoms with Crippen LogP contribution in [0.4, 0.5) is 30.5 Å². The Labute approximate surface area is 355 Å². The molecule has 10 rings (SSSR count). The lowest BCUT2D eigenvalue weighted by atomic mass is 10.1. The van der Waals surface area contributed by atoms with E-state index in [0.29, 0.717) is 43.4 Å². The number of carbonyl (C=O) groups is 2. The number of nitrogens with one attached hydrogen (secondary N) is 1. The minimum absolute atomic E-state index is 0.0147. The Hall–Kier alpha value is -7.29. The number of ether oxygens (including phenoxy) is 2. The first-order valence-electron chi connectivity index (χ1n) is 20.0. The summed E-state index contributed by atoms with van der Waals surface area (Å²) in [5.74, 6) is -4.08. The third-order valence-corrected chi connectivity index (χ3v) is 11.2. The van der Waals surface area contributed by atoms with Crippen LogP contribution in [0.25, 0.3) is 21.8 Å². The minimum atomic E-state index is -1.41. The van der Waals surface area contributed by atoms with Crippen molar-refractivity contribution in [2.24, 2.45) is 0 Å². The number of halogens is 3. The van der Waals surface area contributed by atoms with Gasteiger partial charge in [0.25, 0.3) is 0 Å². The number of carboxylic acid groups (broad SMARTS) is 2. The molecule has 4 aliphatic rings. The molecule has 63 heavy (non-hydrogen) atoms. The average Bonchev–Trinajstić information content (AvgIpc) is 3.30. The highest BCUT2D eigenvalue weighted by Crippen LogP contribution is 2.42. The number of piperazine rings is 2. The number of carboxylic acids is 2. The molecular formula is C42H41F3N10O8. The van der Waals surface area contributed by atoms with Crippen molar-refractivity contribution in [1.82, 2.24) is 34.4 Å². The summed E-state index contributed by atoms with van der Waals surface area (Å²) < 4.78 is 56.7. The van der Waals surface area contributed by atoms with Crippen LogP contribution in [0.3, 0.4) is 0 Å². The van der Waals surface area contributed by atoms with Crippen LogP contribution in [0.2, 0.25) is 0 Å². The maximum absolute atomic E-state index is 15.3. The number of aromatic carboxylic acids is 2. The summed E-state index contributed by atoms with van der Waals surface area (Å²) in [4.78, 5) is 70.3. The molecule has 2 fully saturated rings. The van der Waals surface area contributed by atoms with Crippen molar-refractivity contribution in [1.29, 1.82) is 0 Å². The molecule has 2 saturated heterocycles. The van der Waals surface area contributed by atoms with Gasteiger partial charge in [-0.2, -0.15) is 4.39 Å². The van der Waals surface area contributed by atoms with E-state index >= 15 is 4.39 Å². The van der Waals surface area contributed by atoms with Crippen LogP contribution in [0, 0.1) is 17.5 Å². The molecule has 6 aromatic rings. The van der Waals surface area contributed by atoms with Crippen molar-refractivity contribution < 1.29 is 42.4 Å². The standard InChI is InChI=1S/C21H20FN5O4.C13H9F2NO4.C8H12N4/c1-12-11-31-20-17-13(19(28)14(21(29)30)10-27(12)17)8-15(22)18(20)26-6-4-25(5-7-26)16-9-23-2-3-24-16;1-5-4-20-12-9(15)8(14)2-6-10(12)16(5)3-7(11(6)17)13(18)19;1-2-11-8(7-10-1)12-5-3-9-4-6-12/h2-3,8-10,12H,4-7,11H2,1H3,(H,29,30);2-3,5H,4H2,1H3,(H,18,19);1-2,7,9H,3-6H2/t12-;5-;/m00./s1. The Kier molecular flexibility index (Phi) is 11.8. The van der Waals surface area contributed by atoms with Gasteiger partial charge < -0.3 is 48.8 Å². The van der Waals surface area contributed by atoms with Crippen LogP contribution in [0.1, 0.15) is 46.6 Å². The van der Waals surface area contributed by atoms with E-state index in [9.17, 15) is 33.1 Å². The second-order valence-electron chi connectivity index (χ2n) is 15.2. The predicted octanol–water partition coefficient (Wildman–Crippen LogP) is 3.73. The van der Waals surface area contributed by atoms with E-state index in [1.165, 1.54) is 10.8 Å². The molecule has 0 bridgehead atoms. The zero-order valence-electron chi connectivity index (χ0n) is 34.0. The van der Waals surface area contributed by atoms with Gasteiger partial charge in [0.1, 0.15) is 41.7 Å². The topological polar surface area (TPSA) is 210 Å². The first-order chi connectivity index (χ1) is 30.3. The number of pyridine rings is 2. The monoisotopic (exact) mass is 870 g/mol. The van der Waals surface area contributed by atoms with Crippen molar-refractivity contribution in [3.05, 3.63) is 111 Å². The van der Waals surface area contributed by atoms with Crippen LogP contribution < -0.4 is 40.3 Å². The molecular weight excluding hydrogens is 830 g/mol. The van der Waals surface area contributed by atoms with Gasteiger partial charge in [-0.25, -0.2) is 28.3 Å². The molecule has 3 N–H and O–H groups in total. The molecule has 0 radical (unpaired) electrons. The Bertz CT molecular complexity index is 2840. The van der Waals surface area contributed by atoms with E-state index in [0.717, 1.165) is 50.1 Å². The van der Waals surface area contributed by atoms with Crippen molar-refractivity contribution in [3.63, 3.8) is 0 Å². The maximum Gasteiger partial charge on any atom is 0.341 e. The molecule has 18 nitrogen and oxygen atoms in total. The van der Waals surface area contributed by atoms with Crippen molar-refractivity contribution >= 4 is 51.1 Å². The highest BCUT2D eigenvalue weighted by atomic mass is 19.2. The van der Waals surface area contributed by atoms with E-state index in [-0.39, 0.29) is 58.6 Å². The van der Waals surface area contributed by atoms with Gasteiger partial charge in [-0.1, -0.05) is 0 Å². The number of hydrogen-bond donors (Lipinski definition) is 3. The minimum Gasteiger partial charge on any atom is -0.487 e. The lowest BCUT2D eigenvalue weighted by molar-refractivity contribution is 0.0683. The van der Waals surface area contributed by atoms with Gasteiger partial charge in [0.2, 0.25) is 16.7 Å². The normalized spacial score (nSPS) is 17.8. The molecule has 2 atom stereocenters. The van der Waals surface area contributed by atoms with Gasteiger partial charge in [0.15, 0.2) is 23.1 Å². The SMILES string of the molecule is C[C@H]1COc2c(F)c(F)cc3c(=O)c(C(=O)O)cn1c23.C[C@H]1COc2c(N3CCN(c4cnccn4)CC3)c(F)cc3c(=O)c(C(=O)O)cn1c23.c1cnc(N2CCNCC2)cn1. The lowest BCUT2D eigenvalue weighted by Gasteiger charge is -2.38. The lowest BCUT2D eigenvalue weighted by Crippen LogP contribution is -2.47. The molecule has 4 aromatic heterocycles. The fourth-order valence-electron chi connectivity index (χ4n) is 7.97. The highest BCUT2D eigenvalue weighted by molar-refractivity contribution is 5.97. The quantitative estimate of drug-likeness (QED) is 0.225. The third kappa shape index (κ3) is 8.13. The van der Waals surface area contributed by atoms with E-state index in [1.54, 1.807) is 42.5 Å². The number of nitrogens with zero attached hydrogens (tertiary/aromatic N) is 9. The van der Waals surface area contributed by atoms with Gasteiger partial charge in [-0.05, 0) is 26.0 Å². The number of anilines is 3. The summed E-state index contributed by atoms with van der Waals surface area (Å²) in [7, 11) is 0. The summed E-state index contributed by atoms with van der Waals surface area (Å²) >= 11 is 0. The fourth-order valence-corrected chi connectivity index (χ4v) is 7.97. The largest absolute Gasteiger partial charge is 0.487 e. The Balaban J connectivity index is 0.000000145. The first kappa shape index (κ1) is 42.4. The van der Waals surface area contributed by atoms with Gasteiger partial charge in [0.05, 0.1) is 46.3 Å². The Morgan fingerprint density at radius 1 is 0.667 bits per heavy atom. The third-order valence-electron chi connectivity index (χ3n) is 11.2. The van der Waals surface area contributed by atoms with Gasteiger partial charge >= 0.3 is 11.9 Å². The molecule has 0 amide bonds. The van der Waals surface area contributed by atoms with Crippen LogP contribution in [-0.4, -0.2) is 117 Å². The van der Waals surface area contributed by atoms with E-state index in [1.807, 2.05) is 18.0 Å². The van der Waals surface area contributed by atoms with Crippen LogP contribution in [0.5, 0.6) is 11.5 Å². The zero-order valence-corrected chi connectivity index (χ0v) is 34.0. The molecule has 2 aromatic carbocycles. The second kappa shape index (κ2) is 17.6. The fraction of sp³-hybridized carbons (Fsp3) is 0.333. The van der Waals surface area contributed by atoms with E-state index < -0.39 is 45.8 Å².